The van der Waals surface area contributed by atoms with Crippen LogP contribution in [-0.4, -0.2) is 38.9 Å². The zero-order valence-corrected chi connectivity index (χ0v) is 17.6. The van der Waals surface area contributed by atoms with Crippen LogP contribution in [0.1, 0.15) is 23.2 Å². The Kier molecular flexibility index (Phi) is 6.70. The summed E-state index contributed by atoms with van der Waals surface area (Å²) in [5.74, 6) is -0.241. The third-order valence-electron chi connectivity index (χ3n) is 6.36. The first-order chi connectivity index (χ1) is 15.1. The predicted octanol–water partition coefficient (Wildman–Crippen LogP) is 3.28. The van der Waals surface area contributed by atoms with Gasteiger partial charge < -0.3 is 15.5 Å². The molecule has 0 amide bonds. The Labute approximate surface area is 182 Å². The maximum absolute atomic E-state index is 14.2. The number of aromatic nitrogens is 2. The number of aliphatic hydroxyl groups excluding tert-OH is 2. The quantitative estimate of drug-likeness (QED) is 0.546. The van der Waals surface area contributed by atoms with E-state index in [0.29, 0.717) is 30.8 Å². The van der Waals surface area contributed by atoms with Crippen LogP contribution in [0.15, 0.2) is 60.8 Å². The van der Waals surface area contributed by atoms with Gasteiger partial charge in [0.1, 0.15) is 5.82 Å². The van der Waals surface area contributed by atoms with E-state index in [1.165, 1.54) is 17.2 Å². The number of halogens is 1. The van der Waals surface area contributed by atoms with Crippen LogP contribution in [0.25, 0.3) is 11.4 Å². The van der Waals surface area contributed by atoms with Gasteiger partial charge in [-0.3, -0.25) is 0 Å². The number of aryl methyl sites for hydroxylation is 1. The topological polar surface area (TPSA) is 78.3 Å². The van der Waals surface area contributed by atoms with Crippen molar-refractivity contribution in [1.29, 1.82) is 0 Å². The molecule has 1 aromatic heterocycles. The normalized spacial score (nSPS) is 23.2. The molecule has 1 heterocycles. The molecule has 1 aliphatic rings. The minimum atomic E-state index is -0.572. The lowest BCUT2D eigenvalue weighted by Gasteiger charge is -2.25. The van der Waals surface area contributed by atoms with Crippen molar-refractivity contribution in [2.75, 3.05) is 6.61 Å². The number of hydrogen-bond donors (Lipinski definition) is 3. The smallest absolute Gasteiger partial charge is 0.162 e. The molecular formula is C25H28FN3O2. The van der Waals surface area contributed by atoms with E-state index in [-0.39, 0.29) is 30.3 Å². The average Bonchev–Trinajstić information content (AvgIpc) is 3.07. The van der Waals surface area contributed by atoms with Crippen molar-refractivity contribution in [1.82, 2.24) is 15.3 Å². The van der Waals surface area contributed by atoms with Crippen LogP contribution in [0.3, 0.4) is 0 Å². The van der Waals surface area contributed by atoms with Gasteiger partial charge in [0.2, 0.25) is 0 Å². The van der Waals surface area contributed by atoms with Crippen molar-refractivity contribution in [3.8, 4) is 11.4 Å². The van der Waals surface area contributed by atoms with Crippen molar-refractivity contribution in [2.45, 2.75) is 38.5 Å². The first-order valence-electron chi connectivity index (χ1n) is 10.7. The van der Waals surface area contributed by atoms with Gasteiger partial charge in [-0.15, -0.1) is 0 Å². The minimum Gasteiger partial charge on any atom is -0.396 e. The van der Waals surface area contributed by atoms with E-state index in [4.69, 9.17) is 0 Å². The molecule has 3 N–H and O–H groups in total. The van der Waals surface area contributed by atoms with E-state index in [0.717, 1.165) is 5.69 Å². The number of nitrogens with zero attached hydrogens (tertiary/aromatic N) is 2. The molecule has 1 saturated carbocycles. The second kappa shape index (κ2) is 9.64. The SMILES string of the molecule is Cc1ccccc1CN[C@@H]1C[C@@H](O)[C@H](CO)[C@H]1Cc1ccnc(-c2ccccc2F)n1. The Morgan fingerprint density at radius 3 is 2.61 bits per heavy atom. The monoisotopic (exact) mass is 421 g/mol. The average molecular weight is 422 g/mol. The highest BCUT2D eigenvalue weighted by Gasteiger charge is 2.42. The zero-order chi connectivity index (χ0) is 21.8. The molecule has 6 heteroatoms. The summed E-state index contributed by atoms with van der Waals surface area (Å²) in [5.41, 5.74) is 3.57. The molecule has 0 unspecified atom stereocenters. The van der Waals surface area contributed by atoms with Gasteiger partial charge in [-0.25, -0.2) is 14.4 Å². The van der Waals surface area contributed by atoms with Crippen molar-refractivity contribution in [3.05, 3.63) is 83.4 Å². The molecule has 0 aliphatic heterocycles. The van der Waals surface area contributed by atoms with Crippen molar-refractivity contribution in [2.24, 2.45) is 11.8 Å². The van der Waals surface area contributed by atoms with Crippen molar-refractivity contribution in [3.63, 3.8) is 0 Å². The second-order valence-electron chi connectivity index (χ2n) is 8.28. The number of benzene rings is 2. The standard InChI is InChI=1S/C25H28FN3O2/c1-16-6-2-3-7-17(16)14-28-23-13-24(31)21(15-30)20(23)12-18-10-11-27-25(29-18)19-8-4-5-9-22(19)26/h2-11,20-21,23-24,28,30-31H,12-15H2,1H3/t20-,21-,23-,24-/m1/s1. The fourth-order valence-corrected chi connectivity index (χ4v) is 4.55. The summed E-state index contributed by atoms with van der Waals surface area (Å²) < 4.78 is 14.2. The maximum atomic E-state index is 14.2. The lowest BCUT2D eigenvalue weighted by Crippen LogP contribution is -2.36. The molecule has 0 radical (unpaired) electrons. The van der Waals surface area contributed by atoms with Gasteiger partial charge in [0.25, 0.3) is 0 Å². The number of rotatable bonds is 7. The minimum absolute atomic E-state index is 0.00684. The van der Waals surface area contributed by atoms with Gasteiger partial charge in [-0.1, -0.05) is 36.4 Å². The number of aliphatic hydroxyl groups is 2. The second-order valence-corrected chi connectivity index (χ2v) is 8.28. The Hall–Kier alpha value is -2.67. The summed E-state index contributed by atoms with van der Waals surface area (Å²) in [7, 11) is 0. The molecule has 5 nitrogen and oxygen atoms in total. The van der Waals surface area contributed by atoms with E-state index in [1.54, 1.807) is 24.4 Å². The molecule has 31 heavy (non-hydrogen) atoms. The molecule has 4 atom stereocenters. The van der Waals surface area contributed by atoms with E-state index < -0.39 is 6.10 Å². The molecule has 1 fully saturated rings. The van der Waals surface area contributed by atoms with Gasteiger partial charge in [0.15, 0.2) is 5.82 Å². The first-order valence-corrected chi connectivity index (χ1v) is 10.7. The van der Waals surface area contributed by atoms with E-state index in [9.17, 15) is 14.6 Å². The van der Waals surface area contributed by atoms with Gasteiger partial charge in [-0.2, -0.15) is 0 Å². The van der Waals surface area contributed by atoms with Crippen LogP contribution >= 0.6 is 0 Å². The largest absolute Gasteiger partial charge is 0.396 e. The summed E-state index contributed by atoms with van der Waals surface area (Å²) in [4.78, 5) is 8.82. The third kappa shape index (κ3) is 4.82. The highest BCUT2D eigenvalue weighted by Crippen LogP contribution is 2.35. The number of hydrogen-bond acceptors (Lipinski definition) is 5. The van der Waals surface area contributed by atoms with E-state index >= 15 is 0 Å². The van der Waals surface area contributed by atoms with Gasteiger partial charge in [0.05, 0.1) is 11.7 Å². The van der Waals surface area contributed by atoms with Gasteiger partial charge in [-0.05, 0) is 55.0 Å². The van der Waals surface area contributed by atoms with Crippen LogP contribution in [0, 0.1) is 24.6 Å². The van der Waals surface area contributed by atoms with Crippen LogP contribution < -0.4 is 5.32 Å². The molecule has 4 rings (SSSR count). The summed E-state index contributed by atoms with van der Waals surface area (Å²) in [6.45, 7) is 2.70. The zero-order valence-electron chi connectivity index (χ0n) is 17.6. The van der Waals surface area contributed by atoms with Crippen LogP contribution in [-0.2, 0) is 13.0 Å². The molecule has 2 aromatic carbocycles. The molecule has 162 valence electrons. The lowest BCUT2D eigenvalue weighted by atomic mass is 9.88. The maximum Gasteiger partial charge on any atom is 0.162 e. The first kappa shape index (κ1) is 21.6. The van der Waals surface area contributed by atoms with E-state index in [1.807, 2.05) is 18.2 Å². The van der Waals surface area contributed by atoms with Crippen molar-refractivity contribution < 1.29 is 14.6 Å². The molecule has 0 spiro atoms. The number of nitrogens with one attached hydrogen (secondary N) is 1. The fourth-order valence-electron chi connectivity index (χ4n) is 4.55. The Morgan fingerprint density at radius 2 is 1.84 bits per heavy atom. The molecule has 0 bridgehead atoms. The highest BCUT2D eigenvalue weighted by molar-refractivity contribution is 5.55. The van der Waals surface area contributed by atoms with E-state index in [2.05, 4.69) is 34.3 Å². The predicted molar refractivity (Wildman–Crippen MR) is 118 cm³/mol. The third-order valence-corrected chi connectivity index (χ3v) is 6.36. The molecule has 1 aliphatic carbocycles. The molecule has 3 aromatic rings. The summed E-state index contributed by atoms with van der Waals surface area (Å²) >= 11 is 0. The Morgan fingerprint density at radius 1 is 1.06 bits per heavy atom. The highest BCUT2D eigenvalue weighted by atomic mass is 19.1. The van der Waals surface area contributed by atoms with Crippen LogP contribution in [0.2, 0.25) is 0 Å². The molecular weight excluding hydrogens is 393 g/mol. The van der Waals surface area contributed by atoms with Gasteiger partial charge >= 0.3 is 0 Å². The molecule has 0 saturated heterocycles. The van der Waals surface area contributed by atoms with Crippen LogP contribution in [0.5, 0.6) is 0 Å². The van der Waals surface area contributed by atoms with Gasteiger partial charge in [0, 0.05) is 37.0 Å². The summed E-state index contributed by atoms with van der Waals surface area (Å²) in [5, 5.41) is 24.1. The van der Waals surface area contributed by atoms with Crippen molar-refractivity contribution >= 4 is 0 Å². The fraction of sp³-hybridized carbons (Fsp3) is 0.360. The lowest BCUT2D eigenvalue weighted by molar-refractivity contribution is 0.0716. The Balaban J connectivity index is 1.53. The van der Waals surface area contributed by atoms with Crippen LogP contribution in [0.4, 0.5) is 4.39 Å². The summed E-state index contributed by atoms with van der Waals surface area (Å²) in [6.07, 6.45) is 2.21. The Bertz CT molecular complexity index is 1030. The summed E-state index contributed by atoms with van der Waals surface area (Å²) in [6, 6.07) is 16.5.